The Labute approximate surface area is 49.5 Å². The summed E-state index contributed by atoms with van der Waals surface area (Å²) in [6.45, 7) is 2.68. The van der Waals surface area contributed by atoms with Gasteiger partial charge in [0.25, 0.3) is 0 Å². The van der Waals surface area contributed by atoms with Crippen LogP contribution in [-0.4, -0.2) is 27.0 Å². The van der Waals surface area contributed by atoms with Gasteiger partial charge in [0.15, 0.2) is 0 Å². The van der Waals surface area contributed by atoms with E-state index in [1.54, 1.807) is 0 Å². The molecule has 1 unspecified atom stereocenters. The van der Waals surface area contributed by atoms with Crippen molar-refractivity contribution in [1.82, 2.24) is 5.23 Å². The minimum atomic E-state index is -0.176. The van der Waals surface area contributed by atoms with Gasteiger partial charge in [-0.25, -0.2) is 0 Å². The molecule has 0 amide bonds. The summed E-state index contributed by atoms with van der Waals surface area (Å²) < 4.78 is 10.3. The first-order valence-corrected chi connectivity index (χ1v) is 2.77. The molecule has 1 atom stereocenters. The molecule has 1 fully saturated rings. The normalized spacial score (nSPS) is 29.2. The summed E-state index contributed by atoms with van der Waals surface area (Å²) in [4.78, 5) is 0. The molecule has 1 rings (SSSR count). The second-order valence-corrected chi connectivity index (χ2v) is 1.90. The Bertz CT molecular complexity index is 80.4. The highest BCUT2D eigenvalue weighted by atomic mass is 16.7. The van der Waals surface area contributed by atoms with E-state index >= 15 is 0 Å². The van der Waals surface area contributed by atoms with Gasteiger partial charge in [-0.2, -0.15) is 0 Å². The zero-order chi connectivity index (χ0) is 5.98. The van der Waals surface area contributed by atoms with Crippen molar-refractivity contribution >= 4 is 7.25 Å². The van der Waals surface area contributed by atoms with Gasteiger partial charge in [-0.15, -0.1) is 0 Å². The molecule has 4 heteroatoms. The second kappa shape index (κ2) is 2.48. The van der Waals surface area contributed by atoms with Gasteiger partial charge < -0.3 is 14.5 Å². The van der Waals surface area contributed by atoms with Crippen LogP contribution in [0.2, 0.25) is 0 Å². The van der Waals surface area contributed by atoms with E-state index in [0.717, 1.165) is 0 Å². The van der Waals surface area contributed by atoms with Crippen molar-refractivity contribution in [2.45, 2.75) is 13.0 Å². The summed E-state index contributed by atoms with van der Waals surface area (Å²) in [6.07, 6.45) is 0.243. The van der Waals surface area contributed by atoms with Gasteiger partial charge in [0.05, 0.1) is 12.7 Å². The Morgan fingerprint density at radius 2 is 2.50 bits per heavy atom. The second-order valence-electron chi connectivity index (χ2n) is 1.90. The van der Waals surface area contributed by atoms with Crippen molar-refractivity contribution in [2.75, 3.05) is 13.7 Å². The third kappa shape index (κ3) is 1.21. The van der Waals surface area contributed by atoms with Crippen LogP contribution in [0.1, 0.15) is 6.92 Å². The van der Waals surface area contributed by atoms with Crippen LogP contribution in [0.25, 0.3) is 0 Å². The van der Waals surface area contributed by atoms with Gasteiger partial charge in [0, 0.05) is 0 Å². The Balaban J connectivity index is 2.22. The molecule has 0 spiro atoms. The van der Waals surface area contributed by atoms with E-state index in [4.69, 9.17) is 9.31 Å². The van der Waals surface area contributed by atoms with E-state index in [-0.39, 0.29) is 13.4 Å². The molecule has 1 aliphatic rings. The van der Waals surface area contributed by atoms with Gasteiger partial charge in [-0.05, 0) is 14.0 Å². The monoisotopic (exact) mass is 115 g/mol. The molecule has 0 aromatic rings. The van der Waals surface area contributed by atoms with Crippen molar-refractivity contribution in [2.24, 2.45) is 0 Å². The van der Waals surface area contributed by atoms with E-state index in [1.165, 1.54) is 0 Å². The van der Waals surface area contributed by atoms with Gasteiger partial charge in [-0.1, -0.05) is 0 Å². The van der Waals surface area contributed by atoms with Crippen molar-refractivity contribution in [3.8, 4) is 0 Å². The van der Waals surface area contributed by atoms with Crippen LogP contribution in [0.4, 0.5) is 0 Å². The maximum absolute atomic E-state index is 5.18. The largest absolute Gasteiger partial charge is 0.554 e. The molecule has 0 aliphatic carbocycles. The lowest BCUT2D eigenvalue weighted by Gasteiger charge is -1.99. The lowest BCUT2D eigenvalue weighted by molar-refractivity contribution is 0.255. The molecule has 3 nitrogen and oxygen atoms in total. The number of hydrogen-bond donors (Lipinski definition) is 1. The van der Waals surface area contributed by atoms with Crippen molar-refractivity contribution in [3.63, 3.8) is 0 Å². The smallest absolute Gasteiger partial charge is 0.395 e. The van der Waals surface area contributed by atoms with Crippen molar-refractivity contribution < 1.29 is 9.31 Å². The van der Waals surface area contributed by atoms with Crippen LogP contribution < -0.4 is 5.23 Å². The van der Waals surface area contributed by atoms with Gasteiger partial charge in [0.1, 0.15) is 0 Å². The van der Waals surface area contributed by atoms with E-state index < -0.39 is 0 Å². The molecular formula is C4H10BNO2. The summed E-state index contributed by atoms with van der Waals surface area (Å²) >= 11 is 0. The fourth-order valence-electron chi connectivity index (χ4n) is 0.664. The molecule has 0 aromatic heterocycles. The molecule has 0 radical (unpaired) electrons. The molecule has 46 valence electrons. The number of rotatable bonds is 1. The van der Waals surface area contributed by atoms with Crippen LogP contribution in [0.3, 0.4) is 0 Å². The first kappa shape index (κ1) is 6.07. The maximum Gasteiger partial charge on any atom is 0.554 e. The Hall–Kier alpha value is -0.0551. The first-order valence-electron chi connectivity index (χ1n) is 2.77. The predicted octanol–water partition coefficient (Wildman–Crippen LogP) is -0.374. The zero-order valence-corrected chi connectivity index (χ0v) is 5.18. The molecule has 1 heterocycles. The fourth-order valence-corrected chi connectivity index (χ4v) is 0.664. The third-order valence-electron chi connectivity index (χ3n) is 1.07. The van der Waals surface area contributed by atoms with E-state index in [0.29, 0.717) is 6.61 Å². The predicted molar refractivity (Wildman–Crippen MR) is 31.3 cm³/mol. The summed E-state index contributed by atoms with van der Waals surface area (Å²) in [5, 5.41) is 2.85. The van der Waals surface area contributed by atoms with Crippen LogP contribution in [0.15, 0.2) is 0 Å². The minimum absolute atomic E-state index is 0.176. The van der Waals surface area contributed by atoms with E-state index in [1.807, 2.05) is 14.0 Å². The Morgan fingerprint density at radius 3 is 2.75 bits per heavy atom. The van der Waals surface area contributed by atoms with E-state index in [2.05, 4.69) is 5.23 Å². The highest BCUT2D eigenvalue weighted by Gasteiger charge is 2.26. The topological polar surface area (TPSA) is 30.5 Å². The Kier molecular flexibility index (Phi) is 1.88. The summed E-state index contributed by atoms with van der Waals surface area (Å²) in [6, 6.07) is 0. The van der Waals surface area contributed by atoms with Gasteiger partial charge in [-0.3, -0.25) is 0 Å². The lowest BCUT2D eigenvalue weighted by Crippen LogP contribution is -2.32. The van der Waals surface area contributed by atoms with Gasteiger partial charge >= 0.3 is 7.25 Å². The summed E-state index contributed by atoms with van der Waals surface area (Å²) in [5.74, 6) is 0. The molecule has 0 bridgehead atoms. The molecule has 8 heavy (non-hydrogen) atoms. The molecule has 1 saturated heterocycles. The average Bonchev–Trinajstić information content (AvgIpc) is 2.14. The van der Waals surface area contributed by atoms with Crippen molar-refractivity contribution in [3.05, 3.63) is 0 Å². The van der Waals surface area contributed by atoms with Crippen LogP contribution in [0.5, 0.6) is 0 Å². The van der Waals surface area contributed by atoms with Crippen LogP contribution in [-0.2, 0) is 9.31 Å². The zero-order valence-electron chi connectivity index (χ0n) is 5.18. The summed E-state index contributed by atoms with van der Waals surface area (Å²) in [7, 11) is 1.63. The molecular weight excluding hydrogens is 105 g/mol. The highest BCUT2D eigenvalue weighted by Crippen LogP contribution is 2.03. The Morgan fingerprint density at radius 1 is 1.75 bits per heavy atom. The molecule has 0 aromatic carbocycles. The minimum Gasteiger partial charge on any atom is -0.395 e. The molecule has 1 N–H and O–H groups in total. The number of nitrogens with one attached hydrogen (secondary N) is 1. The maximum atomic E-state index is 5.18. The quantitative estimate of drug-likeness (QED) is 0.472. The number of hydrogen-bond acceptors (Lipinski definition) is 3. The van der Waals surface area contributed by atoms with Crippen LogP contribution in [0, 0.1) is 0 Å². The highest BCUT2D eigenvalue weighted by molar-refractivity contribution is 6.41. The molecule has 1 aliphatic heterocycles. The average molecular weight is 115 g/mol. The fraction of sp³-hybridized carbons (Fsp3) is 1.00. The standard InChI is InChI=1S/C4H10BNO2/c1-4-3-7-5(6-2)8-4/h4,6H,3H2,1-2H3. The van der Waals surface area contributed by atoms with Gasteiger partial charge in [0.2, 0.25) is 0 Å². The van der Waals surface area contributed by atoms with E-state index in [9.17, 15) is 0 Å². The molecule has 0 saturated carbocycles. The summed E-state index contributed by atoms with van der Waals surface area (Å²) in [5.41, 5.74) is 0. The first-order chi connectivity index (χ1) is 3.83. The third-order valence-corrected chi connectivity index (χ3v) is 1.07. The van der Waals surface area contributed by atoms with Crippen molar-refractivity contribution in [1.29, 1.82) is 0 Å². The lowest BCUT2D eigenvalue weighted by atomic mass is 10.1. The SMILES string of the molecule is CNB1OCC(C)O1. The van der Waals surface area contributed by atoms with Crippen LogP contribution >= 0.6 is 0 Å².